The van der Waals surface area contributed by atoms with Crippen molar-refractivity contribution < 1.29 is 0 Å². The molecule has 0 amide bonds. The Balaban J connectivity index is 2.67. The smallest absolute Gasteiger partial charge is 0.255 e. The van der Waals surface area contributed by atoms with Gasteiger partial charge in [0.1, 0.15) is 5.01 Å². The van der Waals surface area contributed by atoms with E-state index < -0.39 is 0 Å². The molecule has 0 fully saturated rings. The van der Waals surface area contributed by atoms with Crippen LogP contribution in [0.4, 0.5) is 0 Å². The number of aromatic nitrogens is 2. The van der Waals surface area contributed by atoms with Crippen LogP contribution in [0.15, 0.2) is 4.79 Å². The molecule has 0 aromatic carbocycles. The van der Waals surface area contributed by atoms with E-state index in [1.165, 1.54) is 11.3 Å². The van der Waals surface area contributed by atoms with Crippen molar-refractivity contribution in [1.82, 2.24) is 10.2 Å². The lowest BCUT2D eigenvalue weighted by molar-refractivity contribution is 0.639. The zero-order chi connectivity index (χ0) is 7.56. The number of nitrogens with one attached hydrogen (secondary N) is 1. The molecule has 0 bridgehead atoms. The predicted molar refractivity (Wildman–Crippen MR) is 41.3 cm³/mol. The highest BCUT2D eigenvalue weighted by Crippen LogP contribution is 2.05. The fourth-order valence-corrected chi connectivity index (χ4v) is 1.51. The summed E-state index contributed by atoms with van der Waals surface area (Å²) >= 11 is 1.19. The van der Waals surface area contributed by atoms with Gasteiger partial charge in [0.2, 0.25) is 0 Å². The molecule has 0 spiro atoms. The third kappa shape index (κ3) is 1.95. The molecule has 0 radical (unpaired) electrons. The molecule has 3 nitrogen and oxygen atoms in total. The molecule has 56 valence electrons. The summed E-state index contributed by atoms with van der Waals surface area (Å²) in [6.45, 7) is 4.21. The summed E-state index contributed by atoms with van der Waals surface area (Å²) in [5.74, 6) is 0.568. The maximum absolute atomic E-state index is 10.6. The van der Waals surface area contributed by atoms with Crippen molar-refractivity contribution in [1.29, 1.82) is 0 Å². The van der Waals surface area contributed by atoms with Crippen molar-refractivity contribution >= 4 is 11.3 Å². The maximum atomic E-state index is 10.6. The summed E-state index contributed by atoms with van der Waals surface area (Å²) in [7, 11) is 0. The molecule has 4 heteroatoms. The van der Waals surface area contributed by atoms with Crippen LogP contribution in [0.1, 0.15) is 18.9 Å². The maximum Gasteiger partial charge on any atom is 0.322 e. The van der Waals surface area contributed by atoms with E-state index in [-0.39, 0.29) is 4.87 Å². The third-order valence-corrected chi connectivity index (χ3v) is 1.84. The first kappa shape index (κ1) is 7.47. The first-order valence-electron chi connectivity index (χ1n) is 3.23. The van der Waals surface area contributed by atoms with Crippen LogP contribution in [0, 0.1) is 5.92 Å². The quantitative estimate of drug-likeness (QED) is 0.698. The molecule has 0 atom stereocenters. The average molecular weight is 158 g/mol. The van der Waals surface area contributed by atoms with Crippen LogP contribution < -0.4 is 4.87 Å². The van der Waals surface area contributed by atoms with E-state index >= 15 is 0 Å². The van der Waals surface area contributed by atoms with Crippen LogP contribution in [0.25, 0.3) is 0 Å². The molecule has 1 aromatic heterocycles. The molecule has 0 aliphatic carbocycles. The van der Waals surface area contributed by atoms with Gasteiger partial charge in [0.05, 0.1) is 0 Å². The Labute approximate surface area is 63.1 Å². The Morgan fingerprint density at radius 1 is 1.70 bits per heavy atom. The molecule has 0 saturated heterocycles. The van der Waals surface area contributed by atoms with Gasteiger partial charge in [0, 0.05) is 6.42 Å². The van der Waals surface area contributed by atoms with E-state index in [4.69, 9.17) is 0 Å². The summed E-state index contributed by atoms with van der Waals surface area (Å²) in [5.41, 5.74) is 0. The second-order valence-corrected chi connectivity index (χ2v) is 3.65. The lowest BCUT2D eigenvalue weighted by Gasteiger charge is -1.96. The van der Waals surface area contributed by atoms with Crippen molar-refractivity contribution in [3.05, 3.63) is 14.7 Å². The zero-order valence-electron chi connectivity index (χ0n) is 6.05. The molecule has 0 aliphatic heterocycles. The van der Waals surface area contributed by atoms with Crippen molar-refractivity contribution in [2.75, 3.05) is 0 Å². The highest BCUT2D eigenvalue weighted by Gasteiger charge is 2.01. The molecule has 1 rings (SSSR count). The van der Waals surface area contributed by atoms with Gasteiger partial charge in [-0.15, -0.1) is 0 Å². The van der Waals surface area contributed by atoms with Crippen LogP contribution in [-0.2, 0) is 6.42 Å². The van der Waals surface area contributed by atoms with Crippen molar-refractivity contribution in [2.45, 2.75) is 20.3 Å². The first-order chi connectivity index (χ1) is 4.68. The molecular formula is C6H10N2OS. The minimum atomic E-state index is -0.0596. The molecule has 1 heterocycles. The van der Waals surface area contributed by atoms with Gasteiger partial charge in [0.25, 0.3) is 0 Å². The number of rotatable bonds is 2. The monoisotopic (exact) mass is 158 g/mol. The van der Waals surface area contributed by atoms with Crippen LogP contribution >= 0.6 is 11.3 Å². The standard InChI is InChI=1S/C6H10N2OS/c1-4(2)3-5-7-8-6(9)10-5/h4H,3H2,1-2H3,(H,8,9). The molecule has 1 N–H and O–H groups in total. The second-order valence-electron chi connectivity index (χ2n) is 2.60. The Kier molecular flexibility index (Phi) is 2.21. The van der Waals surface area contributed by atoms with E-state index in [1.54, 1.807) is 0 Å². The average Bonchev–Trinajstić information content (AvgIpc) is 2.13. The number of hydrogen-bond donors (Lipinski definition) is 1. The van der Waals surface area contributed by atoms with E-state index in [2.05, 4.69) is 24.0 Å². The molecule has 1 aromatic rings. The minimum absolute atomic E-state index is 0.0596. The third-order valence-electron chi connectivity index (χ3n) is 1.07. The molecular weight excluding hydrogens is 148 g/mol. The van der Waals surface area contributed by atoms with Crippen LogP contribution in [-0.4, -0.2) is 10.2 Å². The molecule has 0 unspecified atom stereocenters. The van der Waals surface area contributed by atoms with Gasteiger partial charge < -0.3 is 0 Å². The fraction of sp³-hybridized carbons (Fsp3) is 0.667. The summed E-state index contributed by atoms with van der Waals surface area (Å²) in [4.78, 5) is 10.5. The van der Waals surface area contributed by atoms with Gasteiger partial charge in [-0.2, -0.15) is 5.10 Å². The molecule has 0 aliphatic rings. The summed E-state index contributed by atoms with van der Waals surface area (Å²) < 4.78 is 0. The highest BCUT2D eigenvalue weighted by atomic mass is 32.1. The summed E-state index contributed by atoms with van der Waals surface area (Å²) in [6.07, 6.45) is 0.892. The second kappa shape index (κ2) is 2.96. The Hall–Kier alpha value is -0.640. The Bertz CT molecular complexity index is 250. The largest absolute Gasteiger partial charge is 0.322 e. The van der Waals surface area contributed by atoms with Gasteiger partial charge in [-0.1, -0.05) is 25.2 Å². The zero-order valence-corrected chi connectivity index (χ0v) is 6.86. The van der Waals surface area contributed by atoms with E-state index in [0.29, 0.717) is 5.92 Å². The lowest BCUT2D eigenvalue weighted by Crippen LogP contribution is -1.92. The van der Waals surface area contributed by atoms with Crippen LogP contribution in [0.3, 0.4) is 0 Å². The number of aromatic amines is 1. The fourth-order valence-electron chi connectivity index (χ4n) is 0.697. The van der Waals surface area contributed by atoms with E-state index in [9.17, 15) is 4.79 Å². The van der Waals surface area contributed by atoms with E-state index in [0.717, 1.165) is 11.4 Å². The minimum Gasteiger partial charge on any atom is -0.255 e. The number of hydrogen-bond acceptors (Lipinski definition) is 3. The molecule has 10 heavy (non-hydrogen) atoms. The lowest BCUT2D eigenvalue weighted by atomic mass is 10.1. The van der Waals surface area contributed by atoms with Crippen LogP contribution in [0.2, 0.25) is 0 Å². The van der Waals surface area contributed by atoms with Crippen molar-refractivity contribution in [2.24, 2.45) is 5.92 Å². The van der Waals surface area contributed by atoms with E-state index in [1.807, 2.05) is 0 Å². The van der Waals surface area contributed by atoms with Gasteiger partial charge in [-0.25, -0.2) is 5.10 Å². The first-order valence-corrected chi connectivity index (χ1v) is 4.04. The summed E-state index contributed by atoms with van der Waals surface area (Å²) in [5, 5.41) is 7.13. The SMILES string of the molecule is CC(C)Cc1n[nH]c(=O)s1. The van der Waals surface area contributed by atoms with Gasteiger partial charge in [0.15, 0.2) is 0 Å². The Morgan fingerprint density at radius 2 is 2.40 bits per heavy atom. The normalized spacial score (nSPS) is 10.7. The Morgan fingerprint density at radius 3 is 2.80 bits per heavy atom. The number of H-pyrrole nitrogens is 1. The topological polar surface area (TPSA) is 45.8 Å². The van der Waals surface area contributed by atoms with Gasteiger partial charge in [-0.05, 0) is 5.92 Å². The molecule has 0 saturated carbocycles. The van der Waals surface area contributed by atoms with Gasteiger partial charge in [-0.3, -0.25) is 4.79 Å². The van der Waals surface area contributed by atoms with Crippen molar-refractivity contribution in [3.8, 4) is 0 Å². The highest BCUT2D eigenvalue weighted by molar-refractivity contribution is 7.08. The van der Waals surface area contributed by atoms with Crippen LogP contribution in [0.5, 0.6) is 0 Å². The van der Waals surface area contributed by atoms with Gasteiger partial charge >= 0.3 is 4.87 Å². The number of nitrogens with zero attached hydrogens (tertiary/aromatic N) is 1. The van der Waals surface area contributed by atoms with Crippen molar-refractivity contribution in [3.63, 3.8) is 0 Å². The summed E-state index contributed by atoms with van der Waals surface area (Å²) in [6, 6.07) is 0. The predicted octanol–water partition coefficient (Wildman–Crippen LogP) is 1.03.